The Morgan fingerprint density at radius 3 is 2.06 bits per heavy atom. The molecule has 2 fully saturated rings. The monoisotopic (exact) mass is 509 g/mol. The van der Waals surface area contributed by atoms with Crippen LogP contribution in [0.25, 0.3) is 0 Å². The summed E-state index contributed by atoms with van der Waals surface area (Å²) in [5.74, 6) is -2.03. The highest BCUT2D eigenvalue weighted by Gasteiger charge is 2.73. The lowest BCUT2D eigenvalue weighted by atomic mass is 9.73. The number of nitrogens with one attached hydrogen (secondary N) is 1. The predicted octanol–water partition coefficient (Wildman–Crippen LogP) is 5.79. The maximum Gasteiger partial charge on any atom is 0.435 e. The van der Waals surface area contributed by atoms with E-state index < -0.39 is 35.5 Å². The van der Waals surface area contributed by atoms with Gasteiger partial charge in [0.25, 0.3) is 0 Å². The molecule has 11 heteroatoms. The SMILES string of the molecule is O=C(O)C1CCC(NC(=O)[C@@H]2CCC3c4ccc(C(F)(C(F)(F)F)C(F)(F)F)cc4CCC32)CC1. The maximum absolute atomic E-state index is 14.5. The van der Waals surface area contributed by atoms with E-state index in [0.717, 1.165) is 6.07 Å². The van der Waals surface area contributed by atoms with E-state index in [1.54, 1.807) is 0 Å². The molecular formula is C24H26F7NO3. The van der Waals surface area contributed by atoms with Crippen LogP contribution in [-0.4, -0.2) is 35.4 Å². The number of amides is 1. The fourth-order valence-corrected chi connectivity index (χ4v) is 6.18. The number of aliphatic carboxylic acids is 1. The lowest BCUT2D eigenvalue weighted by Crippen LogP contribution is -2.50. The zero-order valence-electron chi connectivity index (χ0n) is 18.7. The molecule has 2 unspecified atom stereocenters. The van der Waals surface area contributed by atoms with Crippen molar-refractivity contribution < 1.29 is 45.4 Å². The van der Waals surface area contributed by atoms with E-state index >= 15 is 0 Å². The molecule has 1 aromatic rings. The second-order valence-electron chi connectivity index (χ2n) is 9.96. The van der Waals surface area contributed by atoms with Crippen molar-refractivity contribution in [2.75, 3.05) is 0 Å². The summed E-state index contributed by atoms with van der Waals surface area (Å²) in [5.41, 5.74) is -6.09. The van der Waals surface area contributed by atoms with E-state index in [9.17, 15) is 40.3 Å². The Bertz CT molecular complexity index is 968. The van der Waals surface area contributed by atoms with E-state index in [2.05, 4.69) is 5.32 Å². The van der Waals surface area contributed by atoms with Gasteiger partial charge in [0.1, 0.15) is 0 Å². The second kappa shape index (κ2) is 8.96. The highest BCUT2D eigenvalue weighted by molar-refractivity contribution is 5.80. The summed E-state index contributed by atoms with van der Waals surface area (Å²) >= 11 is 0. The zero-order valence-corrected chi connectivity index (χ0v) is 18.7. The van der Waals surface area contributed by atoms with E-state index in [1.165, 1.54) is 0 Å². The largest absolute Gasteiger partial charge is 0.481 e. The Labute approximate surface area is 197 Å². The molecule has 0 bridgehead atoms. The first-order chi connectivity index (χ1) is 16.2. The van der Waals surface area contributed by atoms with Gasteiger partial charge in [0, 0.05) is 17.5 Å². The Morgan fingerprint density at radius 1 is 0.857 bits per heavy atom. The number of halogens is 7. The van der Waals surface area contributed by atoms with Crippen LogP contribution in [0.3, 0.4) is 0 Å². The fourth-order valence-electron chi connectivity index (χ4n) is 6.18. The number of carboxylic acids is 1. The number of benzene rings is 1. The first-order valence-electron chi connectivity index (χ1n) is 11.7. The molecule has 35 heavy (non-hydrogen) atoms. The summed E-state index contributed by atoms with van der Waals surface area (Å²) in [7, 11) is 0. The van der Waals surface area contributed by atoms with E-state index in [1.807, 2.05) is 0 Å². The van der Waals surface area contributed by atoms with Gasteiger partial charge < -0.3 is 10.4 Å². The second-order valence-corrected chi connectivity index (χ2v) is 9.96. The Morgan fingerprint density at radius 2 is 1.49 bits per heavy atom. The van der Waals surface area contributed by atoms with Gasteiger partial charge in [-0.25, -0.2) is 4.39 Å². The summed E-state index contributed by atoms with van der Waals surface area (Å²) in [5, 5.41) is 12.1. The average Bonchev–Trinajstić information content (AvgIpc) is 3.21. The molecule has 4 rings (SSSR count). The summed E-state index contributed by atoms with van der Waals surface area (Å²) in [6, 6.07) is 2.29. The van der Waals surface area contributed by atoms with Gasteiger partial charge in [-0.05, 0) is 74.3 Å². The van der Waals surface area contributed by atoms with Crippen molar-refractivity contribution in [3.8, 4) is 0 Å². The number of carbonyl (C=O) groups excluding carboxylic acids is 1. The van der Waals surface area contributed by atoms with Crippen LogP contribution in [0.15, 0.2) is 18.2 Å². The van der Waals surface area contributed by atoms with Gasteiger partial charge in [0.05, 0.1) is 5.92 Å². The number of aryl methyl sites for hydroxylation is 1. The van der Waals surface area contributed by atoms with Crippen LogP contribution < -0.4 is 5.32 Å². The average molecular weight is 509 g/mol. The Balaban J connectivity index is 1.48. The number of carbonyl (C=O) groups is 2. The number of rotatable bonds is 4. The highest BCUT2D eigenvalue weighted by Crippen LogP contribution is 2.55. The van der Waals surface area contributed by atoms with Crippen LogP contribution in [0.4, 0.5) is 30.7 Å². The lowest BCUT2D eigenvalue weighted by molar-refractivity contribution is -0.348. The molecule has 0 aromatic heterocycles. The van der Waals surface area contributed by atoms with Crippen LogP contribution in [-0.2, 0) is 21.7 Å². The molecule has 0 radical (unpaired) electrons. The van der Waals surface area contributed by atoms with Crippen molar-refractivity contribution in [3.63, 3.8) is 0 Å². The summed E-state index contributed by atoms with van der Waals surface area (Å²) < 4.78 is 93.4. The van der Waals surface area contributed by atoms with Crippen molar-refractivity contribution in [3.05, 3.63) is 34.9 Å². The predicted molar refractivity (Wildman–Crippen MR) is 110 cm³/mol. The van der Waals surface area contributed by atoms with Crippen molar-refractivity contribution >= 4 is 11.9 Å². The first kappa shape index (κ1) is 25.8. The molecule has 3 aliphatic carbocycles. The molecule has 3 aliphatic rings. The van der Waals surface area contributed by atoms with Crippen LogP contribution in [0.1, 0.15) is 67.6 Å². The normalized spacial score (nSPS) is 29.3. The van der Waals surface area contributed by atoms with Crippen LogP contribution in [0, 0.1) is 17.8 Å². The van der Waals surface area contributed by atoms with Crippen molar-refractivity contribution in [1.29, 1.82) is 0 Å². The van der Waals surface area contributed by atoms with Crippen LogP contribution in [0.5, 0.6) is 0 Å². The molecule has 3 atom stereocenters. The van der Waals surface area contributed by atoms with E-state index in [4.69, 9.17) is 5.11 Å². The van der Waals surface area contributed by atoms with Gasteiger partial charge in [-0.1, -0.05) is 18.2 Å². The molecule has 4 nitrogen and oxygen atoms in total. The summed E-state index contributed by atoms with van der Waals surface area (Å²) in [6.07, 6.45) is -8.56. The minimum atomic E-state index is -6.16. The molecule has 0 heterocycles. The molecule has 1 amide bonds. The molecular weight excluding hydrogens is 483 g/mol. The van der Waals surface area contributed by atoms with Crippen molar-refractivity contribution in [2.24, 2.45) is 17.8 Å². The topological polar surface area (TPSA) is 66.4 Å². The van der Waals surface area contributed by atoms with E-state index in [0.29, 0.717) is 62.6 Å². The Hall–Kier alpha value is -2.33. The zero-order chi connectivity index (χ0) is 25.8. The third-order valence-corrected chi connectivity index (χ3v) is 8.05. The molecule has 194 valence electrons. The fraction of sp³-hybridized carbons (Fsp3) is 0.667. The number of carboxylic acid groups (broad SMARTS) is 1. The third-order valence-electron chi connectivity index (χ3n) is 8.05. The van der Waals surface area contributed by atoms with Crippen LogP contribution >= 0.6 is 0 Å². The third kappa shape index (κ3) is 4.50. The molecule has 0 saturated heterocycles. The van der Waals surface area contributed by atoms with Gasteiger partial charge in [0.15, 0.2) is 0 Å². The van der Waals surface area contributed by atoms with Crippen molar-refractivity contribution in [2.45, 2.75) is 81.3 Å². The molecule has 1 aromatic carbocycles. The first-order valence-corrected chi connectivity index (χ1v) is 11.7. The Kier molecular flexibility index (Phi) is 6.59. The summed E-state index contributed by atoms with van der Waals surface area (Å²) in [6.45, 7) is 0. The van der Waals surface area contributed by atoms with Gasteiger partial charge >= 0.3 is 24.0 Å². The van der Waals surface area contributed by atoms with Gasteiger partial charge in [-0.3, -0.25) is 9.59 Å². The molecule has 0 aliphatic heterocycles. The number of fused-ring (bicyclic) bond motifs is 3. The highest BCUT2D eigenvalue weighted by atomic mass is 19.4. The smallest absolute Gasteiger partial charge is 0.435 e. The van der Waals surface area contributed by atoms with Crippen LogP contribution in [0.2, 0.25) is 0 Å². The number of hydrogen-bond donors (Lipinski definition) is 2. The minimum Gasteiger partial charge on any atom is -0.481 e. The van der Waals surface area contributed by atoms with Gasteiger partial charge in [-0.15, -0.1) is 0 Å². The number of hydrogen-bond acceptors (Lipinski definition) is 2. The standard InChI is InChI=1S/C24H26F7NO3/c25-22(23(26,27)28,24(29,30)31)14-4-8-16-13(11-14)3-7-18-17(16)9-10-19(18)20(33)32-15-5-1-12(2-6-15)21(34)35/h4,8,11-12,15,17-19H,1-3,5-7,9-10H2,(H,32,33)(H,34,35)/t12?,15?,17?,18?,19-/m1/s1. The minimum absolute atomic E-state index is 0.107. The summed E-state index contributed by atoms with van der Waals surface area (Å²) in [4.78, 5) is 24.1. The lowest BCUT2D eigenvalue weighted by Gasteiger charge is -2.35. The maximum atomic E-state index is 14.5. The molecule has 0 spiro atoms. The molecule has 2 N–H and O–H groups in total. The van der Waals surface area contributed by atoms with Gasteiger partial charge in [0.2, 0.25) is 5.91 Å². The quantitative estimate of drug-likeness (QED) is 0.505. The van der Waals surface area contributed by atoms with Gasteiger partial charge in [-0.2, -0.15) is 26.3 Å². The number of alkyl halides is 7. The van der Waals surface area contributed by atoms with E-state index in [-0.39, 0.29) is 41.7 Å². The molecule has 2 saturated carbocycles. The van der Waals surface area contributed by atoms with Crippen molar-refractivity contribution in [1.82, 2.24) is 5.32 Å².